The summed E-state index contributed by atoms with van der Waals surface area (Å²) in [4.78, 5) is 11.5. The SMILES string of the molecule is O=Cc1ccc(OS(=O)(=O)C[C@@H]2OC(COCc3ccccc3)[C@H](O[C@@H]3OC(COCc4ccccc4)[C@H](OCc4ccccc4)[C@H](OCc4ccccc4)C3OCc3ccccc3)[C@H](OCc3ccccc3)C2OCc2ccccc2)cc1. The van der Waals surface area contributed by atoms with Gasteiger partial charge in [-0.25, -0.2) is 0 Å². The Labute approximate surface area is 492 Å². The zero-order valence-electron chi connectivity index (χ0n) is 46.6. The zero-order chi connectivity index (χ0) is 57.6. The van der Waals surface area contributed by atoms with E-state index in [1.807, 2.05) is 212 Å². The van der Waals surface area contributed by atoms with Crippen molar-refractivity contribution in [1.29, 1.82) is 0 Å². The Balaban J connectivity index is 1.07. The lowest BCUT2D eigenvalue weighted by atomic mass is 9.93. The zero-order valence-corrected chi connectivity index (χ0v) is 47.4. The van der Waals surface area contributed by atoms with Gasteiger partial charge in [0.15, 0.2) is 6.29 Å². The second-order valence-corrected chi connectivity index (χ2v) is 22.3. The average Bonchev–Trinajstić information content (AvgIpc) is 1.76. The van der Waals surface area contributed by atoms with Gasteiger partial charge in [0.05, 0.1) is 59.5 Å². The Hall–Kier alpha value is -7.22. The minimum atomic E-state index is -4.46. The highest BCUT2D eigenvalue weighted by atomic mass is 32.2. The molecule has 2 fully saturated rings. The summed E-state index contributed by atoms with van der Waals surface area (Å²) in [5.74, 6) is -0.652. The van der Waals surface area contributed by atoms with E-state index in [0.29, 0.717) is 11.8 Å². The van der Waals surface area contributed by atoms with Crippen LogP contribution >= 0.6 is 0 Å². The third-order valence-corrected chi connectivity index (χ3v) is 15.6. The molecule has 2 saturated heterocycles. The number of aldehydes is 1. The molecule has 0 aromatic heterocycles. The van der Waals surface area contributed by atoms with Gasteiger partial charge in [-0.3, -0.25) is 4.79 Å². The van der Waals surface area contributed by atoms with E-state index in [0.717, 1.165) is 38.9 Å². The van der Waals surface area contributed by atoms with Crippen molar-refractivity contribution in [3.8, 4) is 5.75 Å². The maximum Gasteiger partial charge on any atom is 0.311 e. The van der Waals surface area contributed by atoms with E-state index in [9.17, 15) is 13.2 Å². The molecule has 2 aliphatic rings. The molecular formula is C69H70O14S. The standard InChI is InChI=1S/C69H70O14S/c70-40-51-36-38-59(39-37-51)83-84(71,72)50-62-64(76-44-55-28-14-4-15-29-55)66(77-45-56-30-16-5-17-31-56)65(61(80-62)49-74-42-53-24-10-2-11-25-53)82-69-68(79-47-58-34-20-7-21-35-58)67(78-46-57-32-18-6-19-33-57)63(75-43-54-26-12-3-13-27-54)60(81-69)48-73-41-52-22-8-1-9-23-52/h1-40,60-69H,41-50H2/t60?,61?,62-,63-,64?,65-,66+,67-,68?,69-/m0/s1. The Morgan fingerprint density at radius 1 is 0.345 bits per heavy atom. The molecule has 8 aromatic carbocycles. The third-order valence-electron chi connectivity index (χ3n) is 14.4. The van der Waals surface area contributed by atoms with Crippen LogP contribution in [0.5, 0.6) is 5.75 Å². The molecule has 0 N–H and O–H groups in total. The first kappa shape index (κ1) is 59.9. The second kappa shape index (κ2) is 31.1. The fourth-order valence-electron chi connectivity index (χ4n) is 10.2. The van der Waals surface area contributed by atoms with Crippen LogP contribution < -0.4 is 4.18 Å². The normalized spacial score (nSPS) is 22.5. The van der Waals surface area contributed by atoms with Crippen molar-refractivity contribution >= 4 is 16.4 Å². The van der Waals surface area contributed by atoms with Crippen LogP contribution in [-0.2, 0) is 104 Å². The predicted octanol–water partition coefficient (Wildman–Crippen LogP) is 11.4. The summed E-state index contributed by atoms with van der Waals surface area (Å²) in [6.07, 6.45) is -9.64. The van der Waals surface area contributed by atoms with Crippen molar-refractivity contribution < 1.29 is 64.8 Å². The van der Waals surface area contributed by atoms with E-state index in [1.54, 1.807) is 0 Å². The molecular weight excluding hydrogens is 1080 g/mol. The molecule has 15 heteroatoms. The first-order valence-electron chi connectivity index (χ1n) is 28.3. The summed E-state index contributed by atoms with van der Waals surface area (Å²) in [6.45, 7) is 1.11. The van der Waals surface area contributed by atoms with Gasteiger partial charge in [-0.15, -0.1) is 0 Å². The molecule has 0 aliphatic carbocycles. The van der Waals surface area contributed by atoms with Gasteiger partial charge in [-0.2, -0.15) is 8.42 Å². The van der Waals surface area contributed by atoms with E-state index >= 15 is 0 Å². The van der Waals surface area contributed by atoms with Crippen molar-refractivity contribution in [3.05, 3.63) is 281 Å². The fourth-order valence-corrected chi connectivity index (χ4v) is 11.4. The summed E-state index contributed by atoms with van der Waals surface area (Å²) >= 11 is 0. The van der Waals surface area contributed by atoms with Crippen LogP contribution in [0.15, 0.2) is 237 Å². The molecule has 0 radical (unpaired) electrons. The van der Waals surface area contributed by atoms with Crippen molar-refractivity contribution in [2.75, 3.05) is 19.0 Å². The molecule has 2 aliphatic heterocycles. The molecule has 84 heavy (non-hydrogen) atoms. The smallest absolute Gasteiger partial charge is 0.311 e. The Kier molecular flexibility index (Phi) is 22.2. The highest BCUT2D eigenvalue weighted by Crippen LogP contribution is 2.37. The van der Waals surface area contributed by atoms with Crippen molar-refractivity contribution in [2.24, 2.45) is 0 Å². The van der Waals surface area contributed by atoms with Crippen LogP contribution in [0, 0.1) is 0 Å². The molecule has 8 aromatic rings. The van der Waals surface area contributed by atoms with Crippen LogP contribution in [-0.4, -0.2) is 94.9 Å². The lowest BCUT2D eigenvalue weighted by molar-refractivity contribution is -0.362. The summed E-state index contributed by atoms with van der Waals surface area (Å²) in [5, 5.41) is 0. The highest BCUT2D eigenvalue weighted by molar-refractivity contribution is 7.87. The van der Waals surface area contributed by atoms with Gasteiger partial charge in [0.25, 0.3) is 0 Å². The minimum Gasteiger partial charge on any atom is -0.382 e. The molecule has 14 nitrogen and oxygen atoms in total. The molecule has 0 amide bonds. The molecule has 2 heterocycles. The number of ether oxygens (including phenoxy) is 10. The lowest BCUT2D eigenvalue weighted by Crippen LogP contribution is -2.66. The largest absolute Gasteiger partial charge is 0.382 e. The van der Waals surface area contributed by atoms with E-state index in [-0.39, 0.29) is 65.2 Å². The van der Waals surface area contributed by atoms with Crippen LogP contribution in [0.3, 0.4) is 0 Å². The Morgan fingerprint density at radius 3 is 1.05 bits per heavy atom. The number of rotatable bonds is 30. The molecule has 0 saturated carbocycles. The van der Waals surface area contributed by atoms with E-state index in [2.05, 4.69) is 0 Å². The number of benzene rings is 8. The van der Waals surface area contributed by atoms with Crippen molar-refractivity contribution in [3.63, 3.8) is 0 Å². The van der Waals surface area contributed by atoms with Gasteiger partial charge < -0.3 is 51.6 Å². The number of hydrogen-bond acceptors (Lipinski definition) is 14. The van der Waals surface area contributed by atoms with Gasteiger partial charge in [0.2, 0.25) is 0 Å². The summed E-state index contributed by atoms with van der Waals surface area (Å²) in [6, 6.07) is 74.3. The van der Waals surface area contributed by atoms with Crippen molar-refractivity contribution in [1.82, 2.24) is 0 Å². The van der Waals surface area contributed by atoms with E-state index in [1.165, 1.54) is 24.3 Å². The quantitative estimate of drug-likeness (QED) is 0.0310. The topological polar surface area (TPSA) is 153 Å². The van der Waals surface area contributed by atoms with Crippen LogP contribution in [0.2, 0.25) is 0 Å². The molecule has 0 spiro atoms. The molecule has 4 unspecified atom stereocenters. The lowest BCUT2D eigenvalue weighted by Gasteiger charge is -2.50. The summed E-state index contributed by atoms with van der Waals surface area (Å²) in [5.41, 5.74) is 6.66. The maximum atomic E-state index is 14.4. The Bertz CT molecular complexity index is 3260. The molecule has 10 rings (SSSR count). The fraction of sp³-hybridized carbons (Fsp3) is 0.290. The van der Waals surface area contributed by atoms with Gasteiger partial charge in [-0.05, 0) is 63.2 Å². The van der Waals surface area contributed by atoms with Crippen molar-refractivity contribution in [2.45, 2.75) is 107 Å². The Morgan fingerprint density at radius 2 is 0.667 bits per heavy atom. The third kappa shape index (κ3) is 17.7. The van der Waals surface area contributed by atoms with Crippen LogP contribution in [0.25, 0.3) is 0 Å². The average molecular weight is 1160 g/mol. The first-order valence-corrected chi connectivity index (χ1v) is 29.8. The predicted molar refractivity (Wildman–Crippen MR) is 316 cm³/mol. The maximum absolute atomic E-state index is 14.4. The number of carbonyl (C=O) groups excluding carboxylic acids is 1. The minimum absolute atomic E-state index is 0.0207. The van der Waals surface area contributed by atoms with Gasteiger partial charge in [0, 0.05) is 5.56 Å². The summed E-state index contributed by atoms with van der Waals surface area (Å²) < 4.78 is 105. The molecule has 436 valence electrons. The number of hydrogen-bond donors (Lipinski definition) is 0. The monoisotopic (exact) mass is 1150 g/mol. The van der Waals surface area contributed by atoms with E-state index < -0.39 is 77.1 Å². The number of carbonyl (C=O) groups is 1. The first-order chi connectivity index (χ1) is 41.3. The van der Waals surface area contributed by atoms with E-state index in [4.69, 9.17) is 51.6 Å². The second-order valence-electron chi connectivity index (χ2n) is 20.7. The summed E-state index contributed by atoms with van der Waals surface area (Å²) in [7, 11) is -4.46. The van der Waals surface area contributed by atoms with Gasteiger partial charge in [0.1, 0.15) is 72.7 Å². The highest BCUT2D eigenvalue weighted by Gasteiger charge is 2.55. The molecule has 0 bridgehead atoms. The van der Waals surface area contributed by atoms with Gasteiger partial charge in [-0.1, -0.05) is 212 Å². The van der Waals surface area contributed by atoms with Crippen LogP contribution in [0.4, 0.5) is 0 Å². The van der Waals surface area contributed by atoms with Crippen LogP contribution in [0.1, 0.15) is 49.3 Å². The molecule has 10 atom stereocenters. The van der Waals surface area contributed by atoms with Gasteiger partial charge >= 0.3 is 10.1 Å².